The fraction of sp³-hybridized carbons (Fsp3) is 0.467. The van der Waals surface area contributed by atoms with Gasteiger partial charge in [-0.1, -0.05) is 17.7 Å². The summed E-state index contributed by atoms with van der Waals surface area (Å²) in [6.07, 6.45) is 0.00841. The lowest BCUT2D eigenvalue weighted by Crippen LogP contribution is -2.50. The highest BCUT2D eigenvalue weighted by Crippen LogP contribution is 2.39. The molecule has 114 valence electrons. The molecule has 1 aromatic carbocycles. The standard InChI is InChI=1S/C15H17ClFNO3/c1-3-21-15(20)13-8(2)18-12(19)7-9(13)14-10(16)5-4-6-11(14)17/h4-6,8-9,13H,3,7H2,1-2H3,(H,18,19). The molecular formula is C15H17ClFNO3. The van der Waals surface area contributed by atoms with Gasteiger partial charge in [-0.05, 0) is 26.0 Å². The lowest BCUT2D eigenvalue weighted by Gasteiger charge is -2.35. The van der Waals surface area contributed by atoms with E-state index >= 15 is 0 Å². The van der Waals surface area contributed by atoms with Crippen molar-refractivity contribution in [3.05, 3.63) is 34.6 Å². The van der Waals surface area contributed by atoms with E-state index in [-0.39, 0.29) is 29.5 Å². The zero-order valence-electron chi connectivity index (χ0n) is 11.9. The number of hydrogen-bond donors (Lipinski definition) is 1. The van der Waals surface area contributed by atoms with Crippen molar-refractivity contribution in [1.82, 2.24) is 5.32 Å². The number of nitrogens with one attached hydrogen (secondary N) is 1. The van der Waals surface area contributed by atoms with Crippen molar-refractivity contribution in [2.45, 2.75) is 32.2 Å². The Bertz CT molecular complexity index is 544. The number of carbonyl (C=O) groups excluding carboxylic acids is 2. The van der Waals surface area contributed by atoms with Gasteiger partial charge in [0.25, 0.3) is 0 Å². The Hall–Kier alpha value is -1.62. The summed E-state index contributed by atoms with van der Waals surface area (Å²) in [5, 5.41) is 2.92. The van der Waals surface area contributed by atoms with E-state index < -0.39 is 29.7 Å². The summed E-state index contributed by atoms with van der Waals surface area (Å²) < 4.78 is 19.2. The summed E-state index contributed by atoms with van der Waals surface area (Å²) >= 11 is 6.08. The molecule has 0 radical (unpaired) electrons. The highest BCUT2D eigenvalue weighted by atomic mass is 35.5. The van der Waals surface area contributed by atoms with Crippen LogP contribution in [-0.2, 0) is 14.3 Å². The molecule has 0 bridgehead atoms. The Morgan fingerprint density at radius 2 is 2.24 bits per heavy atom. The van der Waals surface area contributed by atoms with Crippen molar-refractivity contribution in [1.29, 1.82) is 0 Å². The summed E-state index contributed by atoms with van der Waals surface area (Å²) in [5.41, 5.74) is 0.207. The van der Waals surface area contributed by atoms with Crippen molar-refractivity contribution in [2.75, 3.05) is 6.61 Å². The third-order valence-electron chi connectivity index (χ3n) is 3.70. The predicted octanol–water partition coefficient (Wildman–Crippen LogP) is 2.65. The fourth-order valence-electron chi connectivity index (χ4n) is 2.83. The summed E-state index contributed by atoms with van der Waals surface area (Å²) in [5.74, 6) is -2.47. The minimum atomic E-state index is -0.656. The molecular weight excluding hydrogens is 297 g/mol. The zero-order chi connectivity index (χ0) is 15.6. The Morgan fingerprint density at radius 1 is 1.52 bits per heavy atom. The first-order valence-corrected chi connectivity index (χ1v) is 7.23. The minimum Gasteiger partial charge on any atom is -0.466 e. The Balaban J connectivity index is 2.45. The first kappa shape index (κ1) is 15.8. The van der Waals surface area contributed by atoms with Crippen LogP contribution in [0.25, 0.3) is 0 Å². The largest absolute Gasteiger partial charge is 0.466 e. The van der Waals surface area contributed by atoms with E-state index in [0.717, 1.165) is 0 Å². The van der Waals surface area contributed by atoms with Crippen LogP contribution in [0, 0.1) is 11.7 Å². The second-order valence-electron chi connectivity index (χ2n) is 5.08. The molecule has 0 aromatic heterocycles. The smallest absolute Gasteiger partial charge is 0.311 e. The van der Waals surface area contributed by atoms with Gasteiger partial charge in [-0.15, -0.1) is 0 Å². The lowest BCUT2D eigenvalue weighted by molar-refractivity contribution is -0.151. The van der Waals surface area contributed by atoms with Gasteiger partial charge in [0, 0.05) is 29.0 Å². The van der Waals surface area contributed by atoms with E-state index in [4.69, 9.17) is 16.3 Å². The summed E-state index contributed by atoms with van der Waals surface area (Å²) in [6, 6.07) is 3.89. The molecule has 0 saturated carbocycles. The Morgan fingerprint density at radius 3 is 2.86 bits per heavy atom. The summed E-state index contributed by atoms with van der Waals surface area (Å²) in [4.78, 5) is 24.0. The minimum absolute atomic E-state index is 0.00841. The van der Waals surface area contributed by atoms with Crippen LogP contribution in [0.3, 0.4) is 0 Å². The van der Waals surface area contributed by atoms with Crippen molar-refractivity contribution >= 4 is 23.5 Å². The number of esters is 1. The van der Waals surface area contributed by atoms with E-state index in [2.05, 4.69) is 5.32 Å². The number of carbonyl (C=O) groups is 2. The van der Waals surface area contributed by atoms with E-state index in [9.17, 15) is 14.0 Å². The van der Waals surface area contributed by atoms with Gasteiger partial charge in [0.2, 0.25) is 5.91 Å². The maximum Gasteiger partial charge on any atom is 0.311 e. The number of benzene rings is 1. The normalized spacial score (nSPS) is 25.3. The topological polar surface area (TPSA) is 55.4 Å². The molecule has 1 aliphatic rings. The number of ether oxygens (including phenoxy) is 1. The third kappa shape index (κ3) is 3.18. The molecule has 6 heteroatoms. The second kappa shape index (κ2) is 6.43. The monoisotopic (exact) mass is 313 g/mol. The first-order valence-electron chi connectivity index (χ1n) is 6.85. The second-order valence-corrected chi connectivity index (χ2v) is 5.49. The predicted molar refractivity (Wildman–Crippen MR) is 76.5 cm³/mol. The number of halogens is 2. The molecule has 1 heterocycles. The highest BCUT2D eigenvalue weighted by Gasteiger charge is 2.42. The molecule has 0 aliphatic carbocycles. The molecule has 2 rings (SSSR count). The van der Waals surface area contributed by atoms with Gasteiger partial charge in [0.05, 0.1) is 12.5 Å². The maximum atomic E-state index is 14.1. The van der Waals surface area contributed by atoms with E-state index in [0.29, 0.717) is 0 Å². The van der Waals surface area contributed by atoms with E-state index in [1.807, 2.05) is 0 Å². The molecule has 3 atom stereocenters. The highest BCUT2D eigenvalue weighted by molar-refractivity contribution is 6.31. The maximum absolute atomic E-state index is 14.1. The Kier molecular flexibility index (Phi) is 4.83. The lowest BCUT2D eigenvalue weighted by atomic mass is 9.76. The van der Waals surface area contributed by atoms with Crippen molar-refractivity contribution in [3.63, 3.8) is 0 Å². The van der Waals surface area contributed by atoms with Crippen molar-refractivity contribution in [2.24, 2.45) is 5.92 Å². The van der Waals surface area contributed by atoms with Crippen molar-refractivity contribution < 1.29 is 18.7 Å². The molecule has 1 aromatic rings. The van der Waals surface area contributed by atoms with Gasteiger partial charge in [0.1, 0.15) is 5.82 Å². The van der Waals surface area contributed by atoms with E-state index in [1.54, 1.807) is 19.9 Å². The molecule has 1 saturated heterocycles. The fourth-order valence-corrected chi connectivity index (χ4v) is 3.13. The average Bonchev–Trinajstić information content (AvgIpc) is 2.37. The number of rotatable bonds is 3. The third-order valence-corrected chi connectivity index (χ3v) is 4.02. The van der Waals surface area contributed by atoms with Crippen LogP contribution in [0.2, 0.25) is 5.02 Å². The van der Waals surface area contributed by atoms with Crippen LogP contribution >= 0.6 is 11.6 Å². The molecule has 1 aliphatic heterocycles. The average molecular weight is 314 g/mol. The van der Waals surface area contributed by atoms with Crippen LogP contribution in [0.1, 0.15) is 31.7 Å². The van der Waals surface area contributed by atoms with Gasteiger partial charge in [-0.25, -0.2) is 4.39 Å². The quantitative estimate of drug-likeness (QED) is 0.873. The van der Waals surface area contributed by atoms with Gasteiger partial charge in [-0.3, -0.25) is 9.59 Å². The van der Waals surface area contributed by atoms with Gasteiger partial charge < -0.3 is 10.1 Å². The number of hydrogen-bond acceptors (Lipinski definition) is 3. The van der Waals surface area contributed by atoms with Crippen LogP contribution in [0.15, 0.2) is 18.2 Å². The van der Waals surface area contributed by atoms with Crippen LogP contribution in [0.4, 0.5) is 4.39 Å². The first-order chi connectivity index (χ1) is 9.95. The molecule has 1 fully saturated rings. The zero-order valence-corrected chi connectivity index (χ0v) is 12.6. The molecule has 4 nitrogen and oxygen atoms in total. The molecule has 21 heavy (non-hydrogen) atoms. The van der Waals surface area contributed by atoms with Crippen LogP contribution in [0.5, 0.6) is 0 Å². The van der Waals surface area contributed by atoms with Crippen LogP contribution < -0.4 is 5.32 Å². The molecule has 0 spiro atoms. The SMILES string of the molecule is CCOC(=O)C1C(C)NC(=O)CC1c1c(F)cccc1Cl. The van der Waals surface area contributed by atoms with Crippen LogP contribution in [-0.4, -0.2) is 24.5 Å². The molecule has 1 N–H and O–H groups in total. The molecule has 3 unspecified atom stereocenters. The number of amides is 1. The van der Waals surface area contributed by atoms with E-state index in [1.165, 1.54) is 12.1 Å². The van der Waals surface area contributed by atoms with Gasteiger partial charge in [0.15, 0.2) is 0 Å². The Labute approximate surface area is 127 Å². The van der Waals surface area contributed by atoms with Crippen molar-refractivity contribution in [3.8, 4) is 0 Å². The van der Waals surface area contributed by atoms with Gasteiger partial charge >= 0.3 is 5.97 Å². The van der Waals surface area contributed by atoms with Gasteiger partial charge in [-0.2, -0.15) is 0 Å². The number of piperidine rings is 1. The molecule has 1 amide bonds. The summed E-state index contributed by atoms with van der Waals surface area (Å²) in [6.45, 7) is 3.64. The summed E-state index contributed by atoms with van der Waals surface area (Å²) in [7, 11) is 0.